The van der Waals surface area contributed by atoms with Gasteiger partial charge in [0.05, 0.1) is 6.42 Å². The summed E-state index contributed by atoms with van der Waals surface area (Å²) < 4.78 is 0. The molecule has 1 aliphatic carbocycles. The van der Waals surface area contributed by atoms with Gasteiger partial charge in [-0.15, -0.1) is 0 Å². The molecule has 4 heteroatoms. The van der Waals surface area contributed by atoms with E-state index in [4.69, 9.17) is 18.0 Å². The zero-order valence-corrected chi connectivity index (χ0v) is 12.7. The molecule has 1 amide bonds. The molecule has 0 aromatic heterocycles. The van der Waals surface area contributed by atoms with Crippen molar-refractivity contribution in [3.05, 3.63) is 35.4 Å². The quantitative estimate of drug-likeness (QED) is 0.838. The Labute approximate surface area is 125 Å². The van der Waals surface area contributed by atoms with Crippen LogP contribution in [0.1, 0.15) is 43.7 Å². The van der Waals surface area contributed by atoms with E-state index in [1.807, 2.05) is 24.3 Å². The molecule has 1 fully saturated rings. The molecule has 0 unspecified atom stereocenters. The fourth-order valence-corrected chi connectivity index (χ4v) is 2.79. The minimum absolute atomic E-state index is 0.104. The van der Waals surface area contributed by atoms with Crippen molar-refractivity contribution < 1.29 is 4.79 Å². The number of nitrogens with one attached hydrogen (secondary N) is 1. The van der Waals surface area contributed by atoms with Crippen LogP contribution in [-0.2, 0) is 11.2 Å². The Bertz CT molecular complexity index is 476. The van der Waals surface area contributed by atoms with Crippen molar-refractivity contribution in [2.75, 3.05) is 0 Å². The van der Waals surface area contributed by atoms with E-state index in [1.165, 1.54) is 12.8 Å². The summed E-state index contributed by atoms with van der Waals surface area (Å²) >= 11 is 4.91. The molecule has 1 aromatic rings. The smallest absolute Gasteiger partial charge is 0.224 e. The molecule has 1 aromatic carbocycles. The van der Waals surface area contributed by atoms with Crippen molar-refractivity contribution in [2.24, 2.45) is 11.7 Å². The largest absolute Gasteiger partial charge is 0.389 e. The number of hydrogen-bond acceptors (Lipinski definition) is 2. The first-order valence-corrected chi connectivity index (χ1v) is 7.63. The normalized spacial score (nSPS) is 22.2. The number of nitrogens with two attached hydrogens (primary N) is 1. The molecule has 0 saturated heterocycles. The molecule has 1 aliphatic rings. The summed E-state index contributed by atoms with van der Waals surface area (Å²) in [4.78, 5) is 12.4. The molecule has 20 heavy (non-hydrogen) atoms. The van der Waals surface area contributed by atoms with E-state index in [0.29, 0.717) is 17.5 Å². The zero-order chi connectivity index (χ0) is 14.5. The van der Waals surface area contributed by atoms with Gasteiger partial charge in [0.25, 0.3) is 0 Å². The number of thiocarbonyl (C=S) groups is 1. The van der Waals surface area contributed by atoms with Crippen molar-refractivity contribution >= 4 is 23.1 Å². The number of rotatable bonds is 4. The average molecular weight is 290 g/mol. The van der Waals surface area contributed by atoms with Crippen molar-refractivity contribution in [3.63, 3.8) is 0 Å². The Morgan fingerprint density at radius 1 is 1.25 bits per heavy atom. The van der Waals surface area contributed by atoms with E-state index in [-0.39, 0.29) is 5.91 Å². The lowest BCUT2D eigenvalue weighted by atomic mass is 9.87. The highest BCUT2D eigenvalue weighted by Crippen LogP contribution is 2.23. The minimum atomic E-state index is 0.104. The highest BCUT2D eigenvalue weighted by molar-refractivity contribution is 7.80. The van der Waals surface area contributed by atoms with Crippen LogP contribution in [0, 0.1) is 5.92 Å². The van der Waals surface area contributed by atoms with Gasteiger partial charge >= 0.3 is 0 Å². The molecule has 0 aliphatic heterocycles. The molecular formula is C16H22N2OS. The summed E-state index contributed by atoms with van der Waals surface area (Å²) in [5.41, 5.74) is 7.38. The monoisotopic (exact) mass is 290 g/mol. The standard InChI is InChI=1S/C16H22N2OS/c1-11-2-8-14(9-3-11)18-15(19)10-12-4-6-13(7-5-12)16(17)20/h4-7,11,14H,2-3,8-10H2,1H3,(H2,17,20)(H,18,19). The van der Waals surface area contributed by atoms with E-state index in [1.54, 1.807) is 0 Å². The second kappa shape index (κ2) is 6.84. The summed E-state index contributed by atoms with van der Waals surface area (Å²) in [6.07, 6.45) is 5.06. The van der Waals surface area contributed by atoms with Crippen LogP contribution in [0.25, 0.3) is 0 Å². The van der Waals surface area contributed by atoms with Gasteiger partial charge in [-0.1, -0.05) is 43.4 Å². The number of carbonyl (C=O) groups is 1. The Morgan fingerprint density at radius 2 is 1.85 bits per heavy atom. The lowest BCUT2D eigenvalue weighted by molar-refractivity contribution is -0.121. The second-order valence-electron chi connectivity index (χ2n) is 5.76. The van der Waals surface area contributed by atoms with Crippen LogP contribution in [0.4, 0.5) is 0 Å². The van der Waals surface area contributed by atoms with Gasteiger partial charge in [-0.2, -0.15) is 0 Å². The Kier molecular flexibility index (Phi) is 5.12. The fraction of sp³-hybridized carbons (Fsp3) is 0.500. The van der Waals surface area contributed by atoms with Crippen LogP contribution in [0.15, 0.2) is 24.3 Å². The Morgan fingerprint density at radius 3 is 2.40 bits per heavy atom. The van der Waals surface area contributed by atoms with Crippen LogP contribution in [0.3, 0.4) is 0 Å². The lowest BCUT2D eigenvalue weighted by Gasteiger charge is -2.26. The van der Waals surface area contributed by atoms with Gasteiger partial charge in [0.15, 0.2) is 0 Å². The maximum absolute atomic E-state index is 12.0. The van der Waals surface area contributed by atoms with Gasteiger partial charge in [-0.05, 0) is 37.2 Å². The van der Waals surface area contributed by atoms with E-state index in [2.05, 4.69) is 12.2 Å². The van der Waals surface area contributed by atoms with Crippen LogP contribution in [-0.4, -0.2) is 16.9 Å². The predicted octanol–water partition coefficient (Wildman–Crippen LogP) is 2.56. The van der Waals surface area contributed by atoms with Crippen LogP contribution >= 0.6 is 12.2 Å². The summed E-state index contributed by atoms with van der Waals surface area (Å²) in [5, 5.41) is 3.14. The minimum Gasteiger partial charge on any atom is -0.389 e. The third-order valence-electron chi connectivity index (χ3n) is 3.98. The second-order valence-corrected chi connectivity index (χ2v) is 6.20. The first-order valence-electron chi connectivity index (χ1n) is 7.22. The van der Waals surface area contributed by atoms with E-state index < -0.39 is 0 Å². The fourth-order valence-electron chi connectivity index (χ4n) is 2.66. The molecular weight excluding hydrogens is 268 g/mol. The Hall–Kier alpha value is -1.42. The SMILES string of the molecule is CC1CCC(NC(=O)Cc2ccc(C(N)=S)cc2)CC1. The molecule has 0 atom stereocenters. The van der Waals surface area contributed by atoms with Gasteiger partial charge in [-0.25, -0.2) is 0 Å². The average Bonchev–Trinajstić information content (AvgIpc) is 2.42. The third-order valence-corrected chi connectivity index (χ3v) is 4.22. The van der Waals surface area contributed by atoms with Crippen LogP contribution in [0.5, 0.6) is 0 Å². The summed E-state index contributed by atoms with van der Waals surface area (Å²) in [6, 6.07) is 7.92. The van der Waals surface area contributed by atoms with Gasteiger partial charge in [0.2, 0.25) is 5.91 Å². The molecule has 0 spiro atoms. The first kappa shape index (κ1) is 15.0. The molecule has 3 N–H and O–H groups in total. The summed E-state index contributed by atoms with van der Waals surface area (Å²) in [7, 11) is 0. The molecule has 0 radical (unpaired) electrons. The van der Waals surface area contributed by atoms with Crippen LogP contribution < -0.4 is 11.1 Å². The molecule has 1 saturated carbocycles. The maximum Gasteiger partial charge on any atom is 0.224 e. The molecule has 0 heterocycles. The first-order chi connectivity index (χ1) is 9.54. The topological polar surface area (TPSA) is 55.1 Å². The van der Waals surface area contributed by atoms with Crippen molar-refractivity contribution in [2.45, 2.75) is 45.1 Å². The molecule has 3 nitrogen and oxygen atoms in total. The van der Waals surface area contributed by atoms with Crippen LogP contribution in [0.2, 0.25) is 0 Å². The van der Waals surface area contributed by atoms with Crippen molar-refractivity contribution in [3.8, 4) is 0 Å². The van der Waals surface area contributed by atoms with Gasteiger partial charge in [-0.3, -0.25) is 4.79 Å². The van der Waals surface area contributed by atoms with Gasteiger partial charge in [0, 0.05) is 11.6 Å². The maximum atomic E-state index is 12.0. The van der Waals surface area contributed by atoms with E-state index in [0.717, 1.165) is 29.9 Å². The van der Waals surface area contributed by atoms with Gasteiger partial charge in [0.1, 0.15) is 4.99 Å². The molecule has 2 rings (SSSR count). The van der Waals surface area contributed by atoms with Crippen molar-refractivity contribution in [1.82, 2.24) is 5.32 Å². The Balaban J connectivity index is 1.83. The summed E-state index contributed by atoms with van der Waals surface area (Å²) in [6.45, 7) is 2.28. The molecule has 0 bridgehead atoms. The third kappa shape index (κ3) is 4.30. The highest BCUT2D eigenvalue weighted by atomic mass is 32.1. The van der Waals surface area contributed by atoms with Gasteiger partial charge < -0.3 is 11.1 Å². The number of amides is 1. The number of carbonyl (C=O) groups excluding carboxylic acids is 1. The zero-order valence-electron chi connectivity index (χ0n) is 11.9. The van der Waals surface area contributed by atoms with E-state index in [9.17, 15) is 4.79 Å². The number of benzene rings is 1. The van der Waals surface area contributed by atoms with E-state index >= 15 is 0 Å². The summed E-state index contributed by atoms with van der Waals surface area (Å²) in [5.74, 6) is 0.906. The highest BCUT2D eigenvalue weighted by Gasteiger charge is 2.19. The lowest BCUT2D eigenvalue weighted by Crippen LogP contribution is -2.38. The van der Waals surface area contributed by atoms with Crippen molar-refractivity contribution in [1.29, 1.82) is 0 Å². The number of hydrogen-bond donors (Lipinski definition) is 2. The molecule has 108 valence electrons. The predicted molar refractivity (Wildman–Crippen MR) is 85.6 cm³/mol.